The Hall–Kier alpha value is -0.840. The van der Waals surface area contributed by atoms with Crippen molar-refractivity contribution in [2.75, 3.05) is 14.2 Å². The van der Waals surface area contributed by atoms with Crippen molar-refractivity contribution < 1.29 is 4.74 Å². The Morgan fingerprint density at radius 1 is 1.00 bits per heavy atom. The van der Waals surface area contributed by atoms with Crippen molar-refractivity contribution in [2.24, 2.45) is 0 Å². The van der Waals surface area contributed by atoms with Gasteiger partial charge in [-0.25, -0.2) is 0 Å². The number of hydrogen-bond donors (Lipinski definition) is 0. The molecule has 0 spiro atoms. The third-order valence-electron chi connectivity index (χ3n) is 3.01. The van der Waals surface area contributed by atoms with Crippen molar-refractivity contribution in [2.45, 2.75) is 13.1 Å². The Morgan fingerprint density at radius 2 is 1.70 bits per heavy atom. The van der Waals surface area contributed by atoms with Crippen molar-refractivity contribution in [3.8, 4) is 5.75 Å². The monoisotopic (exact) mass is 397 g/mol. The van der Waals surface area contributed by atoms with Crippen molar-refractivity contribution in [1.29, 1.82) is 0 Å². The maximum absolute atomic E-state index is 5.25. The third-order valence-corrected chi connectivity index (χ3v) is 4.12. The first-order chi connectivity index (χ1) is 9.58. The van der Waals surface area contributed by atoms with Crippen LogP contribution in [0.2, 0.25) is 0 Å². The fourth-order valence-corrected chi connectivity index (χ4v) is 3.16. The molecule has 0 aromatic heterocycles. The molecule has 106 valence electrons. The number of rotatable bonds is 5. The second kappa shape index (κ2) is 7.25. The van der Waals surface area contributed by atoms with E-state index in [-0.39, 0.29) is 0 Å². The molecule has 2 aromatic carbocycles. The van der Waals surface area contributed by atoms with Crippen molar-refractivity contribution in [3.63, 3.8) is 0 Å². The summed E-state index contributed by atoms with van der Waals surface area (Å²) in [5.74, 6) is 0.864. The number of nitrogens with zero attached hydrogens (tertiary/aromatic N) is 1. The van der Waals surface area contributed by atoms with Gasteiger partial charge in [-0.05, 0) is 58.4 Å². The van der Waals surface area contributed by atoms with E-state index in [4.69, 9.17) is 4.74 Å². The van der Waals surface area contributed by atoms with Crippen LogP contribution < -0.4 is 4.74 Å². The average molecular weight is 399 g/mol. The molecule has 0 radical (unpaired) electrons. The van der Waals surface area contributed by atoms with Crippen LogP contribution in [-0.4, -0.2) is 19.1 Å². The van der Waals surface area contributed by atoms with Gasteiger partial charge in [-0.2, -0.15) is 0 Å². The lowest BCUT2D eigenvalue weighted by atomic mass is 10.2. The van der Waals surface area contributed by atoms with Gasteiger partial charge in [-0.1, -0.05) is 34.1 Å². The highest BCUT2D eigenvalue weighted by molar-refractivity contribution is 9.10. The fourth-order valence-electron chi connectivity index (χ4n) is 2.12. The van der Waals surface area contributed by atoms with E-state index in [0.717, 1.165) is 27.8 Å². The van der Waals surface area contributed by atoms with E-state index in [1.54, 1.807) is 7.11 Å². The first-order valence-corrected chi connectivity index (χ1v) is 7.92. The van der Waals surface area contributed by atoms with Crippen molar-refractivity contribution in [3.05, 3.63) is 62.5 Å². The molecule has 0 saturated carbocycles. The second-order valence-corrected chi connectivity index (χ2v) is 6.54. The van der Waals surface area contributed by atoms with Gasteiger partial charge in [-0.3, -0.25) is 4.90 Å². The maximum atomic E-state index is 5.25. The molecule has 2 nitrogen and oxygen atoms in total. The van der Waals surface area contributed by atoms with E-state index in [1.807, 2.05) is 12.1 Å². The summed E-state index contributed by atoms with van der Waals surface area (Å²) in [4.78, 5) is 2.29. The summed E-state index contributed by atoms with van der Waals surface area (Å²) in [6.07, 6.45) is 0. The second-order valence-electron chi connectivity index (χ2n) is 4.77. The summed E-state index contributed by atoms with van der Waals surface area (Å²) in [7, 11) is 3.80. The minimum atomic E-state index is 0.864. The summed E-state index contributed by atoms with van der Waals surface area (Å²) in [6.45, 7) is 1.82. The quantitative estimate of drug-likeness (QED) is 0.713. The van der Waals surface area contributed by atoms with Crippen LogP contribution in [0.15, 0.2) is 51.4 Å². The molecule has 2 rings (SSSR count). The molecule has 0 bridgehead atoms. The van der Waals surface area contributed by atoms with Crippen molar-refractivity contribution in [1.82, 2.24) is 4.90 Å². The number of halogens is 2. The number of hydrogen-bond acceptors (Lipinski definition) is 2. The summed E-state index contributed by atoms with van der Waals surface area (Å²) >= 11 is 7.03. The van der Waals surface area contributed by atoms with Gasteiger partial charge in [0.15, 0.2) is 0 Å². The van der Waals surface area contributed by atoms with Crippen LogP contribution >= 0.6 is 31.9 Å². The average Bonchev–Trinajstić information content (AvgIpc) is 2.38. The third kappa shape index (κ3) is 4.33. The van der Waals surface area contributed by atoms with Gasteiger partial charge >= 0.3 is 0 Å². The zero-order valence-electron chi connectivity index (χ0n) is 11.6. The lowest BCUT2D eigenvalue weighted by Gasteiger charge is -2.17. The zero-order valence-corrected chi connectivity index (χ0v) is 14.7. The number of methoxy groups -OCH3 is 1. The SMILES string of the molecule is COc1ccc(CN(C)Cc2cccc(Br)c2)cc1Br. The van der Waals surface area contributed by atoms with Crippen LogP contribution in [0.25, 0.3) is 0 Å². The van der Waals surface area contributed by atoms with Crippen LogP contribution in [0, 0.1) is 0 Å². The van der Waals surface area contributed by atoms with Crippen LogP contribution in [0.1, 0.15) is 11.1 Å². The molecule has 0 aliphatic rings. The predicted molar refractivity (Wildman–Crippen MR) is 90.0 cm³/mol. The Morgan fingerprint density at radius 3 is 2.30 bits per heavy atom. The van der Waals surface area contributed by atoms with E-state index in [2.05, 4.69) is 74.1 Å². The summed E-state index contributed by atoms with van der Waals surface area (Å²) in [5.41, 5.74) is 2.56. The molecule has 0 unspecified atom stereocenters. The van der Waals surface area contributed by atoms with Crippen LogP contribution in [0.3, 0.4) is 0 Å². The van der Waals surface area contributed by atoms with E-state index in [0.29, 0.717) is 0 Å². The van der Waals surface area contributed by atoms with Crippen LogP contribution in [0.5, 0.6) is 5.75 Å². The van der Waals surface area contributed by atoms with Crippen LogP contribution in [-0.2, 0) is 13.1 Å². The van der Waals surface area contributed by atoms with Gasteiger partial charge in [0.2, 0.25) is 0 Å². The Kier molecular flexibility index (Phi) is 5.64. The number of benzene rings is 2. The molecule has 0 saturated heterocycles. The Labute approximate surface area is 137 Å². The van der Waals surface area contributed by atoms with Gasteiger partial charge < -0.3 is 4.74 Å². The minimum Gasteiger partial charge on any atom is -0.496 e. The normalized spacial score (nSPS) is 10.8. The lowest BCUT2D eigenvalue weighted by Crippen LogP contribution is -2.17. The largest absolute Gasteiger partial charge is 0.496 e. The van der Waals surface area contributed by atoms with Gasteiger partial charge in [0.05, 0.1) is 11.6 Å². The summed E-state index contributed by atoms with van der Waals surface area (Å²) in [5, 5.41) is 0. The highest BCUT2D eigenvalue weighted by atomic mass is 79.9. The molecule has 4 heteroatoms. The highest BCUT2D eigenvalue weighted by Gasteiger charge is 2.05. The smallest absolute Gasteiger partial charge is 0.133 e. The van der Waals surface area contributed by atoms with E-state index >= 15 is 0 Å². The topological polar surface area (TPSA) is 12.5 Å². The molecular formula is C16H17Br2NO. The molecular weight excluding hydrogens is 382 g/mol. The molecule has 0 aliphatic heterocycles. The summed E-state index contributed by atoms with van der Waals surface area (Å²) in [6, 6.07) is 14.6. The van der Waals surface area contributed by atoms with Gasteiger partial charge in [0.25, 0.3) is 0 Å². The van der Waals surface area contributed by atoms with Crippen molar-refractivity contribution >= 4 is 31.9 Å². The number of ether oxygens (including phenoxy) is 1. The maximum Gasteiger partial charge on any atom is 0.133 e. The first kappa shape index (κ1) is 15.5. The standard InChI is InChI=1S/C16H17Br2NO/c1-19(10-12-4-3-5-14(17)8-12)11-13-6-7-16(20-2)15(18)9-13/h3-9H,10-11H2,1-2H3. The van der Waals surface area contributed by atoms with Gasteiger partial charge in [0.1, 0.15) is 5.75 Å². The molecule has 20 heavy (non-hydrogen) atoms. The van der Waals surface area contributed by atoms with Gasteiger partial charge in [-0.15, -0.1) is 0 Å². The van der Waals surface area contributed by atoms with E-state index in [1.165, 1.54) is 11.1 Å². The Bertz CT molecular complexity index is 586. The lowest BCUT2D eigenvalue weighted by molar-refractivity contribution is 0.318. The molecule has 0 fully saturated rings. The first-order valence-electron chi connectivity index (χ1n) is 6.34. The summed E-state index contributed by atoms with van der Waals surface area (Å²) < 4.78 is 7.36. The molecule has 2 aromatic rings. The molecule has 0 N–H and O–H groups in total. The van der Waals surface area contributed by atoms with Crippen LogP contribution in [0.4, 0.5) is 0 Å². The van der Waals surface area contributed by atoms with Gasteiger partial charge in [0, 0.05) is 17.6 Å². The Balaban J connectivity index is 2.01. The molecule has 0 aliphatic carbocycles. The highest BCUT2D eigenvalue weighted by Crippen LogP contribution is 2.26. The van der Waals surface area contributed by atoms with E-state index < -0.39 is 0 Å². The molecule has 0 amide bonds. The fraction of sp³-hybridized carbons (Fsp3) is 0.250. The zero-order chi connectivity index (χ0) is 14.5. The van der Waals surface area contributed by atoms with E-state index in [9.17, 15) is 0 Å². The minimum absolute atomic E-state index is 0.864. The molecule has 0 heterocycles. The predicted octanol–water partition coefficient (Wildman–Crippen LogP) is 4.85. The molecule has 0 atom stereocenters.